The first kappa shape index (κ1) is 14.9. The molecule has 0 aromatic heterocycles. The highest BCUT2D eigenvalue weighted by molar-refractivity contribution is 6.08. The van der Waals surface area contributed by atoms with Gasteiger partial charge in [0.1, 0.15) is 11.5 Å². The number of rotatable bonds is 6. The number of allylic oxidation sites excluding steroid dienone is 1. The van der Waals surface area contributed by atoms with Gasteiger partial charge >= 0.3 is 0 Å². The molecule has 0 spiro atoms. The molecule has 2 aromatic rings. The summed E-state index contributed by atoms with van der Waals surface area (Å²) in [5.41, 5.74) is 1.52. The van der Waals surface area contributed by atoms with Gasteiger partial charge in [0.05, 0.1) is 19.3 Å². The number of hydrogen-bond donors (Lipinski definition) is 0. The number of methoxy groups -OCH3 is 1. The Morgan fingerprint density at radius 1 is 1.14 bits per heavy atom. The van der Waals surface area contributed by atoms with Crippen molar-refractivity contribution in [3.63, 3.8) is 0 Å². The van der Waals surface area contributed by atoms with E-state index >= 15 is 0 Å². The van der Waals surface area contributed by atoms with E-state index in [2.05, 4.69) is 0 Å². The topological polar surface area (TPSA) is 35.5 Å². The van der Waals surface area contributed by atoms with E-state index in [1.807, 2.05) is 37.3 Å². The van der Waals surface area contributed by atoms with E-state index in [1.54, 1.807) is 37.5 Å². The molecule has 0 bridgehead atoms. The fourth-order valence-corrected chi connectivity index (χ4v) is 1.93. The van der Waals surface area contributed by atoms with Gasteiger partial charge in [0.15, 0.2) is 5.78 Å². The predicted octanol–water partition coefficient (Wildman–Crippen LogP) is 3.99. The van der Waals surface area contributed by atoms with Gasteiger partial charge in [-0.1, -0.05) is 36.4 Å². The van der Waals surface area contributed by atoms with Crippen LogP contribution in [0.2, 0.25) is 0 Å². The van der Waals surface area contributed by atoms with Crippen LogP contribution in [-0.2, 0) is 0 Å². The van der Waals surface area contributed by atoms with Crippen molar-refractivity contribution in [1.29, 1.82) is 0 Å². The minimum absolute atomic E-state index is 0.0926. The minimum Gasteiger partial charge on any atom is -0.497 e. The van der Waals surface area contributed by atoms with Gasteiger partial charge < -0.3 is 9.47 Å². The largest absolute Gasteiger partial charge is 0.497 e. The summed E-state index contributed by atoms with van der Waals surface area (Å²) >= 11 is 0. The average molecular weight is 282 g/mol. The summed E-state index contributed by atoms with van der Waals surface area (Å²) in [5.74, 6) is 1.12. The van der Waals surface area contributed by atoms with Gasteiger partial charge in [0.25, 0.3) is 0 Å². The van der Waals surface area contributed by atoms with E-state index < -0.39 is 0 Å². The van der Waals surface area contributed by atoms with Gasteiger partial charge in [-0.2, -0.15) is 0 Å². The van der Waals surface area contributed by atoms with Crippen molar-refractivity contribution < 1.29 is 14.3 Å². The summed E-state index contributed by atoms with van der Waals surface area (Å²) < 4.78 is 10.7. The van der Waals surface area contributed by atoms with E-state index in [9.17, 15) is 4.79 Å². The molecule has 0 N–H and O–H groups in total. The lowest BCUT2D eigenvalue weighted by molar-refractivity contribution is 0.104. The molecule has 0 saturated heterocycles. The summed E-state index contributed by atoms with van der Waals surface area (Å²) in [6, 6.07) is 14.9. The van der Waals surface area contributed by atoms with Crippen LogP contribution in [0.5, 0.6) is 11.5 Å². The van der Waals surface area contributed by atoms with Gasteiger partial charge in [0, 0.05) is 6.07 Å². The van der Waals surface area contributed by atoms with Crippen LogP contribution < -0.4 is 9.47 Å². The number of ether oxygens (including phenoxy) is 2. The van der Waals surface area contributed by atoms with E-state index in [1.165, 1.54) is 0 Å². The molecule has 0 aliphatic carbocycles. The molecule has 0 aliphatic heterocycles. The van der Waals surface area contributed by atoms with Crippen LogP contribution in [0.3, 0.4) is 0 Å². The second-order valence-corrected chi connectivity index (χ2v) is 4.40. The summed E-state index contributed by atoms with van der Waals surface area (Å²) in [7, 11) is 1.59. The van der Waals surface area contributed by atoms with Crippen molar-refractivity contribution in [2.24, 2.45) is 0 Å². The van der Waals surface area contributed by atoms with Gasteiger partial charge in [0.2, 0.25) is 0 Å². The zero-order valence-electron chi connectivity index (χ0n) is 12.2. The second kappa shape index (κ2) is 7.29. The molecule has 3 heteroatoms. The standard InChI is InChI=1S/C18H18O3/c1-3-21-18-13-15(20-2)10-11-16(18)17(19)12-9-14-7-5-4-6-8-14/h4-13H,3H2,1-2H3. The fraction of sp³-hybridized carbons (Fsp3) is 0.167. The highest BCUT2D eigenvalue weighted by Crippen LogP contribution is 2.25. The van der Waals surface area contributed by atoms with E-state index in [4.69, 9.17) is 9.47 Å². The van der Waals surface area contributed by atoms with Crippen LogP contribution in [0.15, 0.2) is 54.6 Å². The summed E-state index contributed by atoms with van der Waals surface area (Å²) in [6.07, 6.45) is 3.35. The van der Waals surface area contributed by atoms with Crippen LogP contribution in [0.4, 0.5) is 0 Å². The van der Waals surface area contributed by atoms with E-state index in [-0.39, 0.29) is 5.78 Å². The maximum Gasteiger partial charge on any atom is 0.189 e. The third-order valence-electron chi connectivity index (χ3n) is 2.98. The Labute approximate surface area is 124 Å². The van der Waals surface area contributed by atoms with Gasteiger partial charge in [-0.05, 0) is 30.7 Å². The zero-order valence-corrected chi connectivity index (χ0v) is 12.2. The Kier molecular flexibility index (Phi) is 5.16. The number of hydrogen-bond acceptors (Lipinski definition) is 3. The highest BCUT2D eigenvalue weighted by Gasteiger charge is 2.11. The summed E-state index contributed by atoms with van der Waals surface area (Å²) in [5, 5.41) is 0. The van der Waals surface area contributed by atoms with Gasteiger partial charge in [-0.3, -0.25) is 4.79 Å². The Morgan fingerprint density at radius 2 is 1.90 bits per heavy atom. The van der Waals surface area contributed by atoms with Crippen LogP contribution in [-0.4, -0.2) is 19.5 Å². The lowest BCUT2D eigenvalue weighted by atomic mass is 10.1. The third kappa shape index (κ3) is 3.96. The van der Waals surface area contributed by atoms with Gasteiger partial charge in [-0.25, -0.2) is 0 Å². The maximum atomic E-state index is 12.3. The third-order valence-corrected chi connectivity index (χ3v) is 2.98. The molecule has 0 unspecified atom stereocenters. The smallest absolute Gasteiger partial charge is 0.189 e. The van der Waals surface area contributed by atoms with Crippen molar-refractivity contribution in [2.75, 3.05) is 13.7 Å². The molecule has 2 rings (SSSR count). The first-order valence-electron chi connectivity index (χ1n) is 6.83. The summed E-state index contributed by atoms with van der Waals surface area (Å²) in [4.78, 5) is 12.3. The monoisotopic (exact) mass is 282 g/mol. The number of benzene rings is 2. The van der Waals surface area contributed by atoms with Crippen LogP contribution in [0.25, 0.3) is 6.08 Å². The molecule has 0 heterocycles. The second-order valence-electron chi connectivity index (χ2n) is 4.40. The molecule has 0 aliphatic rings. The molecule has 2 aromatic carbocycles. The Morgan fingerprint density at radius 3 is 2.57 bits per heavy atom. The number of ketones is 1. The summed E-state index contributed by atoms with van der Waals surface area (Å²) in [6.45, 7) is 2.38. The lowest BCUT2D eigenvalue weighted by Crippen LogP contribution is -2.02. The first-order valence-corrected chi connectivity index (χ1v) is 6.83. The lowest BCUT2D eigenvalue weighted by Gasteiger charge is -2.09. The zero-order chi connectivity index (χ0) is 15.1. The molecule has 21 heavy (non-hydrogen) atoms. The van der Waals surface area contributed by atoms with Crippen LogP contribution in [0, 0.1) is 0 Å². The fourth-order valence-electron chi connectivity index (χ4n) is 1.93. The van der Waals surface area contributed by atoms with Crippen molar-refractivity contribution in [3.8, 4) is 11.5 Å². The molecule has 0 atom stereocenters. The Bertz CT molecular complexity index is 630. The Hall–Kier alpha value is -2.55. The van der Waals surface area contributed by atoms with E-state index in [0.717, 1.165) is 5.56 Å². The van der Waals surface area contributed by atoms with Gasteiger partial charge in [-0.15, -0.1) is 0 Å². The molecular weight excluding hydrogens is 264 g/mol. The van der Waals surface area contributed by atoms with Crippen molar-refractivity contribution in [2.45, 2.75) is 6.92 Å². The quantitative estimate of drug-likeness (QED) is 0.593. The van der Waals surface area contributed by atoms with Crippen molar-refractivity contribution >= 4 is 11.9 Å². The predicted molar refractivity (Wildman–Crippen MR) is 84.0 cm³/mol. The maximum absolute atomic E-state index is 12.3. The minimum atomic E-state index is -0.0926. The molecule has 0 amide bonds. The van der Waals surface area contributed by atoms with Crippen LogP contribution >= 0.6 is 0 Å². The van der Waals surface area contributed by atoms with Crippen molar-refractivity contribution in [3.05, 3.63) is 65.7 Å². The normalized spacial score (nSPS) is 10.6. The highest BCUT2D eigenvalue weighted by atomic mass is 16.5. The molecular formula is C18H18O3. The average Bonchev–Trinajstić information content (AvgIpc) is 2.54. The van der Waals surface area contributed by atoms with Crippen molar-refractivity contribution in [1.82, 2.24) is 0 Å². The molecule has 3 nitrogen and oxygen atoms in total. The molecule has 108 valence electrons. The SMILES string of the molecule is CCOc1cc(OC)ccc1C(=O)C=Cc1ccccc1. The van der Waals surface area contributed by atoms with Crippen LogP contribution in [0.1, 0.15) is 22.8 Å². The Balaban J connectivity index is 2.24. The number of carbonyl (C=O) groups is 1. The molecule has 0 saturated carbocycles. The number of carbonyl (C=O) groups excluding carboxylic acids is 1. The molecule has 0 radical (unpaired) electrons. The molecule has 0 fully saturated rings. The van der Waals surface area contributed by atoms with E-state index in [0.29, 0.717) is 23.7 Å². The first-order chi connectivity index (χ1) is 10.2.